The number of carbonyl (C=O) groups is 1. The van der Waals surface area contributed by atoms with Crippen molar-refractivity contribution >= 4 is 5.97 Å². The number of hydrogen-bond acceptors (Lipinski definition) is 4. The van der Waals surface area contributed by atoms with Crippen LogP contribution in [0.4, 0.5) is 0 Å². The Hall–Kier alpha value is -1.97. The lowest BCUT2D eigenvalue weighted by Crippen LogP contribution is -2.06. The second-order valence-corrected chi connectivity index (χ2v) is 4.34. The third-order valence-corrected chi connectivity index (χ3v) is 2.79. The van der Waals surface area contributed by atoms with Crippen LogP contribution in [0.1, 0.15) is 25.5 Å². The number of phenolic OH excluding ortho intramolecular Hbond substituents is 1. The Morgan fingerprint density at radius 1 is 1.18 bits per heavy atom. The highest BCUT2D eigenvalue weighted by molar-refractivity contribution is 5.90. The van der Waals surface area contributed by atoms with Gasteiger partial charge in [-0.3, -0.25) is 0 Å². The molecule has 0 saturated heterocycles. The highest BCUT2D eigenvalue weighted by atomic mass is 16.6. The van der Waals surface area contributed by atoms with E-state index in [1.54, 1.807) is 12.1 Å². The summed E-state index contributed by atoms with van der Waals surface area (Å²) in [6.45, 7) is 3.78. The van der Waals surface area contributed by atoms with Gasteiger partial charge in [0.15, 0.2) is 6.10 Å². The zero-order valence-electron chi connectivity index (χ0n) is 9.68. The summed E-state index contributed by atoms with van der Waals surface area (Å²) in [6.07, 6.45) is -0.553. The maximum absolute atomic E-state index is 11.4. The molecule has 1 aromatic carbocycles. The Labute approximate surface area is 99.2 Å². The summed E-state index contributed by atoms with van der Waals surface area (Å²) in [4.78, 5) is 11.4. The van der Waals surface area contributed by atoms with E-state index in [0.29, 0.717) is 5.57 Å². The number of aliphatic hydroxyl groups excluding tert-OH is 1. The monoisotopic (exact) mass is 234 g/mol. The lowest BCUT2D eigenvalue weighted by Gasteiger charge is -2.16. The molecule has 90 valence electrons. The first-order valence-corrected chi connectivity index (χ1v) is 5.43. The summed E-state index contributed by atoms with van der Waals surface area (Å²) in [6, 6.07) is 6.40. The summed E-state index contributed by atoms with van der Waals surface area (Å²) in [5, 5.41) is 18.9. The number of hydrogen-bond donors (Lipinski definition) is 2. The molecule has 1 atom stereocenters. The molecule has 1 aliphatic rings. The Kier molecular flexibility index (Phi) is 2.79. The Bertz CT molecular complexity index is 471. The normalized spacial score (nSPS) is 19.9. The van der Waals surface area contributed by atoms with E-state index in [-0.39, 0.29) is 17.4 Å². The first-order valence-electron chi connectivity index (χ1n) is 5.43. The number of ether oxygens (including phenoxy) is 1. The number of aliphatic hydroxyl groups is 1. The number of esters is 1. The number of rotatable bonds is 2. The van der Waals surface area contributed by atoms with Crippen molar-refractivity contribution in [2.75, 3.05) is 0 Å². The first kappa shape index (κ1) is 11.5. The third-order valence-electron chi connectivity index (χ3n) is 2.79. The van der Waals surface area contributed by atoms with Crippen LogP contribution in [0.15, 0.2) is 35.6 Å². The van der Waals surface area contributed by atoms with Crippen molar-refractivity contribution in [2.45, 2.75) is 20.0 Å². The maximum Gasteiger partial charge on any atom is 0.374 e. The zero-order chi connectivity index (χ0) is 12.6. The van der Waals surface area contributed by atoms with Gasteiger partial charge >= 0.3 is 5.97 Å². The summed E-state index contributed by atoms with van der Waals surface area (Å²) in [7, 11) is 0. The molecule has 4 heteroatoms. The Morgan fingerprint density at radius 3 is 2.29 bits per heavy atom. The minimum atomic E-state index is -0.688. The molecule has 0 aliphatic carbocycles. The van der Waals surface area contributed by atoms with E-state index in [0.717, 1.165) is 5.56 Å². The highest BCUT2D eigenvalue weighted by Gasteiger charge is 2.36. The van der Waals surface area contributed by atoms with Crippen LogP contribution in [-0.4, -0.2) is 16.2 Å². The van der Waals surface area contributed by atoms with Crippen LogP contribution in [0.5, 0.6) is 5.75 Å². The number of benzene rings is 1. The smallest absolute Gasteiger partial charge is 0.374 e. The van der Waals surface area contributed by atoms with E-state index in [1.165, 1.54) is 12.1 Å². The van der Waals surface area contributed by atoms with Crippen molar-refractivity contribution in [2.24, 2.45) is 5.92 Å². The van der Waals surface area contributed by atoms with Gasteiger partial charge in [-0.1, -0.05) is 26.0 Å². The number of aromatic hydroxyl groups is 1. The van der Waals surface area contributed by atoms with Gasteiger partial charge in [-0.2, -0.15) is 0 Å². The molecule has 1 heterocycles. The molecule has 0 fully saturated rings. The molecule has 0 bridgehead atoms. The molecule has 2 N–H and O–H groups in total. The van der Waals surface area contributed by atoms with Crippen LogP contribution in [0.3, 0.4) is 0 Å². The van der Waals surface area contributed by atoms with E-state index in [1.807, 2.05) is 13.8 Å². The first-order chi connectivity index (χ1) is 8.00. The highest BCUT2D eigenvalue weighted by Crippen LogP contribution is 2.38. The largest absolute Gasteiger partial charge is 0.508 e. The SMILES string of the molecule is CC(C)C1=C(O)C(=O)O[C@H]1c1ccc(O)cc1. The van der Waals surface area contributed by atoms with Gasteiger partial charge in [0.2, 0.25) is 5.76 Å². The second kappa shape index (κ2) is 4.13. The van der Waals surface area contributed by atoms with Gasteiger partial charge in [-0.15, -0.1) is 0 Å². The third kappa shape index (κ3) is 1.98. The van der Waals surface area contributed by atoms with Gasteiger partial charge in [-0.05, 0) is 23.6 Å². The van der Waals surface area contributed by atoms with Crippen molar-refractivity contribution in [1.82, 2.24) is 0 Å². The van der Waals surface area contributed by atoms with E-state index in [2.05, 4.69) is 0 Å². The fourth-order valence-corrected chi connectivity index (χ4v) is 1.94. The predicted molar refractivity (Wildman–Crippen MR) is 61.4 cm³/mol. The average molecular weight is 234 g/mol. The fourth-order valence-electron chi connectivity index (χ4n) is 1.94. The summed E-state index contributed by atoms with van der Waals surface area (Å²) >= 11 is 0. The van der Waals surface area contributed by atoms with Gasteiger partial charge < -0.3 is 14.9 Å². The van der Waals surface area contributed by atoms with Crippen LogP contribution in [-0.2, 0) is 9.53 Å². The molecular weight excluding hydrogens is 220 g/mol. The molecule has 0 saturated carbocycles. The van der Waals surface area contributed by atoms with Gasteiger partial charge in [0.05, 0.1) is 0 Å². The second-order valence-electron chi connectivity index (χ2n) is 4.34. The lowest BCUT2D eigenvalue weighted by atomic mass is 9.93. The summed E-state index contributed by atoms with van der Waals surface area (Å²) in [5.74, 6) is -0.817. The van der Waals surface area contributed by atoms with Gasteiger partial charge in [0.1, 0.15) is 5.75 Å². The maximum atomic E-state index is 11.4. The molecule has 2 rings (SSSR count). The van der Waals surface area contributed by atoms with Crippen LogP contribution in [0.2, 0.25) is 0 Å². The molecule has 0 amide bonds. The van der Waals surface area contributed by atoms with E-state index < -0.39 is 12.1 Å². The van der Waals surface area contributed by atoms with Crippen molar-refractivity contribution in [3.05, 3.63) is 41.2 Å². The van der Waals surface area contributed by atoms with Crippen LogP contribution in [0.25, 0.3) is 0 Å². The molecule has 0 unspecified atom stereocenters. The van der Waals surface area contributed by atoms with Crippen molar-refractivity contribution in [1.29, 1.82) is 0 Å². The van der Waals surface area contributed by atoms with Crippen molar-refractivity contribution < 1.29 is 19.7 Å². The van der Waals surface area contributed by atoms with Crippen molar-refractivity contribution in [3.63, 3.8) is 0 Å². The number of carbonyl (C=O) groups excluding carboxylic acids is 1. The molecule has 0 spiro atoms. The van der Waals surface area contributed by atoms with Gasteiger partial charge in [-0.25, -0.2) is 4.79 Å². The average Bonchev–Trinajstić information content (AvgIpc) is 2.56. The Morgan fingerprint density at radius 2 is 1.76 bits per heavy atom. The minimum absolute atomic E-state index is 0.0141. The number of phenols is 1. The zero-order valence-corrected chi connectivity index (χ0v) is 9.68. The Balaban J connectivity index is 2.40. The van der Waals surface area contributed by atoms with E-state index in [4.69, 9.17) is 4.74 Å². The standard InChI is InChI=1S/C13H14O4/c1-7(2)10-11(15)13(16)17-12(10)8-3-5-9(14)6-4-8/h3-7,12,14-15H,1-2H3/t12-/m0/s1. The van der Waals surface area contributed by atoms with E-state index >= 15 is 0 Å². The quantitative estimate of drug-likeness (QED) is 0.771. The predicted octanol–water partition coefficient (Wildman–Crippen LogP) is 2.46. The summed E-state index contributed by atoms with van der Waals surface area (Å²) < 4.78 is 5.13. The van der Waals surface area contributed by atoms with Gasteiger partial charge in [0.25, 0.3) is 0 Å². The topological polar surface area (TPSA) is 66.8 Å². The molecule has 1 aromatic rings. The fraction of sp³-hybridized carbons (Fsp3) is 0.308. The molecule has 17 heavy (non-hydrogen) atoms. The lowest BCUT2D eigenvalue weighted by molar-refractivity contribution is -0.142. The summed E-state index contributed by atoms with van der Waals surface area (Å²) in [5.41, 5.74) is 1.32. The van der Waals surface area contributed by atoms with Gasteiger partial charge in [0, 0.05) is 5.57 Å². The molecule has 0 radical (unpaired) electrons. The van der Waals surface area contributed by atoms with Crippen LogP contribution < -0.4 is 0 Å². The van der Waals surface area contributed by atoms with Crippen LogP contribution >= 0.6 is 0 Å². The molecular formula is C13H14O4. The van der Waals surface area contributed by atoms with E-state index in [9.17, 15) is 15.0 Å². The minimum Gasteiger partial charge on any atom is -0.508 e. The molecule has 0 aromatic heterocycles. The molecule has 1 aliphatic heterocycles. The van der Waals surface area contributed by atoms with Crippen molar-refractivity contribution in [3.8, 4) is 5.75 Å². The van der Waals surface area contributed by atoms with Crippen LogP contribution in [0, 0.1) is 5.92 Å². The molecule has 4 nitrogen and oxygen atoms in total. The number of cyclic esters (lactones) is 1.